The number of imidazole rings is 1. The topological polar surface area (TPSA) is 53.1 Å². The molecule has 0 fully saturated rings. The van der Waals surface area contributed by atoms with E-state index in [2.05, 4.69) is 29.2 Å². The Morgan fingerprint density at radius 1 is 1.05 bits per heavy atom. The van der Waals surface area contributed by atoms with Crippen LogP contribution in [0.25, 0.3) is 5.69 Å². The first kappa shape index (κ1) is 13.4. The van der Waals surface area contributed by atoms with E-state index >= 15 is 0 Å². The maximum atomic E-state index is 5.79. The van der Waals surface area contributed by atoms with Crippen LogP contribution in [-0.4, -0.2) is 9.55 Å². The van der Waals surface area contributed by atoms with Gasteiger partial charge in [0.2, 0.25) is 0 Å². The zero-order valence-electron chi connectivity index (χ0n) is 11.6. The summed E-state index contributed by atoms with van der Waals surface area (Å²) in [6, 6.07) is 16.1. The fourth-order valence-electron chi connectivity index (χ4n) is 2.11. The summed E-state index contributed by atoms with van der Waals surface area (Å²) in [6.45, 7) is 1.06. The van der Waals surface area contributed by atoms with Gasteiger partial charge in [0.25, 0.3) is 0 Å². The van der Waals surface area contributed by atoms with E-state index in [1.165, 1.54) is 0 Å². The number of hydrogen-bond acceptors (Lipinski definition) is 3. The molecule has 0 saturated heterocycles. The monoisotopic (exact) mass is 279 g/mol. The number of nitrogens with zero attached hydrogens (tertiary/aromatic N) is 2. The average Bonchev–Trinajstić information content (AvgIpc) is 3.08. The Balaban J connectivity index is 1.65. The smallest absolute Gasteiger partial charge is 0.120 e. The van der Waals surface area contributed by atoms with Crippen molar-refractivity contribution < 1.29 is 4.74 Å². The highest BCUT2D eigenvalue weighted by atomic mass is 16.5. The number of benzene rings is 2. The van der Waals surface area contributed by atoms with Crippen LogP contribution in [0.5, 0.6) is 5.75 Å². The second-order valence-corrected chi connectivity index (χ2v) is 4.78. The first-order valence-electron chi connectivity index (χ1n) is 6.84. The minimum absolute atomic E-state index is 0.525. The second-order valence-electron chi connectivity index (χ2n) is 4.78. The van der Waals surface area contributed by atoms with Crippen molar-refractivity contribution in [1.29, 1.82) is 0 Å². The van der Waals surface area contributed by atoms with Gasteiger partial charge in [-0.15, -0.1) is 0 Å². The minimum atomic E-state index is 0.525. The average molecular weight is 279 g/mol. The van der Waals surface area contributed by atoms with E-state index in [0.717, 1.165) is 22.6 Å². The summed E-state index contributed by atoms with van der Waals surface area (Å²) in [5, 5.41) is 0. The first-order valence-corrected chi connectivity index (χ1v) is 6.84. The molecule has 4 nitrogen and oxygen atoms in total. The standard InChI is InChI=1S/C17H17N3O/c18-11-15-2-1-3-17(10-15)21-12-14-4-6-16(7-5-14)20-9-8-19-13-20/h1-10,13H,11-12,18H2. The summed E-state index contributed by atoms with van der Waals surface area (Å²) >= 11 is 0. The van der Waals surface area contributed by atoms with Gasteiger partial charge in [0.15, 0.2) is 0 Å². The van der Waals surface area contributed by atoms with Gasteiger partial charge in [-0.2, -0.15) is 0 Å². The molecule has 3 aromatic rings. The van der Waals surface area contributed by atoms with E-state index in [1.807, 2.05) is 35.0 Å². The van der Waals surface area contributed by atoms with Crippen molar-refractivity contribution in [2.45, 2.75) is 13.2 Å². The van der Waals surface area contributed by atoms with E-state index in [4.69, 9.17) is 10.5 Å². The number of hydrogen-bond donors (Lipinski definition) is 1. The van der Waals surface area contributed by atoms with E-state index in [9.17, 15) is 0 Å². The van der Waals surface area contributed by atoms with Gasteiger partial charge in [0.1, 0.15) is 12.4 Å². The third-order valence-corrected chi connectivity index (χ3v) is 3.28. The number of nitrogens with two attached hydrogens (primary N) is 1. The van der Waals surface area contributed by atoms with E-state index in [1.54, 1.807) is 12.5 Å². The van der Waals surface area contributed by atoms with Crippen molar-refractivity contribution in [2.24, 2.45) is 5.73 Å². The van der Waals surface area contributed by atoms with E-state index < -0.39 is 0 Å². The van der Waals surface area contributed by atoms with Crippen molar-refractivity contribution >= 4 is 0 Å². The Morgan fingerprint density at radius 2 is 1.90 bits per heavy atom. The van der Waals surface area contributed by atoms with Crippen LogP contribution in [0.1, 0.15) is 11.1 Å². The Hall–Kier alpha value is -2.59. The fraction of sp³-hybridized carbons (Fsp3) is 0.118. The van der Waals surface area contributed by atoms with Crippen molar-refractivity contribution in [3.8, 4) is 11.4 Å². The second kappa shape index (κ2) is 6.24. The molecule has 0 aliphatic carbocycles. The molecule has 21 heavy (non-hydrogen) atoms. The zero-order chi connectivity index (χ0) is 14.5. The lowest BCUT2D eigenvalue weighted by molar-refractivity contribution is 0.306. The molecule has 0 unspecified atom stereocenters. The molecule has 1 heterocycles. The Kier molecular flexibility index (Phi) is 3.98. The maximum Gasteiger partial charge on any atom is 0.120 e. The van der Waals surface area contributed by atoms with E-state index in [-0.39, 0.29) is 0 Å². The predicted octanol–water partition coefficient (Wildman–Crippen LogP) is 2.91. The van der Waals surface area contributed by atoms with Crippen molar-refractivity contribution in [2.75, 3.05) is 0 Å². The lowest BCUT2D eigenvalue weighted by Gasteiger charge is -2.08. The predicted molar refractivity (Wildman–Crippen MR) is 82.2 cm³/mol. The normalized spacial score (nSPS) is 10.5. The van der Waals surface area contributed by atoms with Crippen LogP contribution in [0.4, 0.5) is 0 Å². The molecular formula is C17H17N3O. The molecule has 0 aliphatic rings. The third kappa shape index (κ3) is 3.30. The van der Waals surface area contributed by atoms with Gasteiger partial charge >= 0.3 is 0 Å². The Labute approximate surface area is 123 Å². The zero-order valence-corrected chi connectivity index (χ0v) is 11.6. The van der Waals surface area contributed by atoms with Gasteiger partial charge in [-0.25, -0.2) is 4.98 Å². The number of ether oxygens (including phenoxy) is 1. The van der Waals surface area contributed by atoms with Gasteiger partial charge in [-0.3, -0.25) is 0 Å². The van der Waals surface area contributed by atoms with E-state index in [0.29, 0.717) is 13.2 Å². The van der Waals surface area contributed by atoms with Crippen LogP contribution in [0.2, 0.25) is 0 Å². The Morgan fingerprint density at radius 3 is 2.62 bits per heavy atom. The van der Waals surface area contributed by atoms with Crippen LogP contribution < -0.4 is 10.5 Å². The molecule has 106 valence electrons. The van der Waals surface area contributed by atoms with Crippen LogP contribution in [0.15, 0.2) is 67.3 Å². The van der Waals surface area contributed by atoms with Crippen LogP contribution in [0.3, 0.4) is 0 Å². The third-order valence-electron chi connectivity index (χ3n) is 3.28. The molecular weight excluding hydrogens is 262 g/mol. The molecule has 4 heteroatoms. The fourth-order valence-corrected chi connectivity index (χ4v) is 2.11. The molecule has 0 atom stereocenters. The summed E-state index contributed by atoms with van der Waals surface area (Å²) < 4.78 is 7.76. The van der Waals surface area contributed by atoms with Gasteiger partial charge in [-0.05, 0) is 35.4 Å². The summed E-state index contributed by atoms with van der Waals surface area (Å²) in [4.78, 5) is 4.04. The minimum Gasteiger partial charge on any atom is -0.489 e. The highest BCUT2D eigenvalue weighted by molar-refractivity contribution is 5.35. The Bertz CT molecular complexity index is 690. The summed E-state index contributed by atoms with van der Waals surface area (Å²) in [5.74, 6) is 0.844. The van der Waals surface area contributed by atoms with Crippen LogP contribution in [0, 0.1) is 0 Å². The molecule has 0 radical (unpaired) electrons. The van der Waals surface area contributed by atoms with Crippen LogP contribution in [-0.2, 0) is 13.2 Å². The van der Waals surface area contributed by atoms with Gasteiger partial charge < -0.3 is 15.0 Å². The molecule has 0 saturated carbocycles. The van der Waals surface area contributed by atoms with Gasteiger partial charge in [-0.1, -0.05) is 24.3 Å². The first-order chi connectivity index (χ1) is 10.3. The molecule has 0 spiro atoms. The summed E-state index contributed by atoms with van der Waals surface area (Å²) in [7, 11) is 0. The van der Waals surface area contributed by atoms with Crippen molar-refractivity contribution in [1.82, 2.24) is 9.55 Å². The lowest BCUT2D eigenvalue weighted by Crippen LogP contribution is -1.99. The lowest BCUT2D eigenvalue weighted by atomic mass is 10.2. The summed E-state index contributed by atoms with van der Waals surface area (Å²) in [6.07, 6.45) is 5.47. The molecule has 3 rings (SSSR count). The van der Waals surface area contributed by atoms with Crippen molar-refractivity contribution in [3.05, 3.63) is 78.4 Å². The molecule has 2 aromatic carbocycles. The molecule has 0 bridgehead atoms. The molecule has 2 N–H and O–H groups in total. The number of rotatable bonds is 5. The number of aromatic nitrogens is 2. The molecule has 0 amide bonds. The summed E-state index contributed by atoms with van der Waals surface area (Å²) in [5.41, 5.74) is 8.91. The SMILES string of the molecule is NCc1cccc(OCc2ccc(-n3ccnc3)cc2)c1. The molecule has 0 aliphatic heterocycles. The van der Waals surface area contributed by atoms with Crippen LogP contribution >= 0.6 is 0 Å². The van der Waals surface area contributed by atoms with Gasteiger partial charge in [0.05, 0.1) is 6.33 Å². The molecule has 1 aromatic heterocycles. The largest absolute Gasteiger partial charge is 0.489 e. The highest BCUT2D eigenvalue weighted by Crippen LogP contribution is 2.16. The maximum absolute atomic E-state index is 5.79. The van der Waals surface area contributed by atoms with Gasteiger partial charge in [0, 0.05) is 24.6 Å². The highest BCUT2D eigenvalue weighted by Gasteiger charge is 1.99. The quantitative estimate of drug-likeness (QED) is 0.781. The van der Waals surface area contributed by atoms with Crippen molar-refractivity contribution in [3.63, 3.8) is 0 Å².